The summed E-state index contributed by atoms with van der Waals surface area (Å²) in [5, 5.41) is 3.13. The van der Waals surface area contributed by atoms with Crippen LogP contribution in [0.2, 0.25) is 0 Å². The van der Waals surface area contributed by atoms with Gasteiger partial charge in [-0.15, -0.1) is 0 Å². The first-order chi connectivity index (χ1) is 6.72. The molecule has 2 aliphatic heterocycles. The third-order valence-corrected chi connectivity index (χ3v) is 2.06. The molecule has 0 aromatic carbocycles. The molecule has 0 saturated carbocycles. The molecule has 0 saturated heterocycles. The second-order valence-corrected chi connectivity index (χ2v) is 3.22. The minimum atomic E-state index is -0.0475. The van der Waals surface area contributed by atoms with E-state index in [1.54, 1.807) is 7.05 Å². The Morgan fingerprint density at radius 1 is 1.50 bits per heavy atom. The normalized spacial score (nSPS) is 26.8. The summed E-state index contributed by atoms with van der Waals surface area (Å²) in [5.74, 6) is 2.24. The zero-order valence-corrected chi connectivity index (χ0v) is 8.39. The van der Waals surface area contributed by atoms with Crippen molar-refractivity contribution in [1.29, 1.82) is 0 Å². The van der Waals surface area contributed by atoms with Crippen LogP contribution in [0.5, 0.6) is 0 Å². The Balaban J connectivity index is 2.32. The van der Waals surface area contributed by atoms with Crippen LogP contribution in [0.15, 0.2) is 20.0 Å². The zero-order chi connectivity index (χ0) is 10.1. The zero-order valence-electron chi connectivity index (χ0n) is 8.39. The summed E-state index contributed by atoms with van der Waals surface area (Å²) >= 11 is 0. The van der Waals surface area contributed by atoms with E-state index in [4.69, 9.17) is 0 Å². The summed E-state index contributed by atoms with van der Waals surface area (Å²) in [5.41, 5.74) is 0. The van der Waals surface area contributed by atoms with E-state index < -0.39 is 0 Å². The highest BCUT2D eigenvalue weighted by Gasteiger charge is 2.31. The van der Waals surface area contributed by atoms with Gasteiger partial charge in [-0.05, 0) is 0 Å². The molecule has 6 nitrogen and oxygen atoms in total. The van der Waals surface area contributed by atoms with E-state index in [-0.39, 0.29) is 6.04 Å². The molecule has 14 heavy (non-hydrogen) atoms. The minimum Gasteiger partial charge on any atom is -0.364 e. The fraction of sp³-hybridized carbons (Fsp3) is 0.500. The molecule has 2 rings (SSSR count). The summed E-state index contributed by atoms with van der Waals surface area (Å²) in [6, 6.07) is -0.0475. The molecule has 0 spiro atoms. The van der Waals surface area contributed by atoms with Crippen molar-refractivity contribution >= 4 is 24.0 Å². The molecule has 1 N–H and O–H groups in total. The Bertz CT molecular complexity index is 362. The van der Waals surface area contributed by atoms with Crippen LogP contribution in [-0.4, -0.2) is 56.1 Å². The number of aliphatic imine (C=N–C) groups is 4. The molecule has 0 aromatic rings. The van der Waals surface area contributed by atoms with Gasteiger partial charge in [-0.25, -0.2) is 9.98 Å². The van der Waals surface area contributed by atoms with Crippen LogP contribution in [0.3, 0.4) is 0 Å². The standard InChI is InChI=1S/C8H12N6/c1-9-8-12-5-6(13-8)10-4-11-7(5)14(2)3/h4-5H,1-3H3,(H,9,12). The van der Waals surface area contributed by atoms with Crippen LogP contribution in [-0.2, 0) is 0 Å². The van der Waals surface area contributed by atoms with Crippen LogP contribution in [0.4, 0.5) is 0 Å². The lowest BCUT2D eigenvalue weighted by atomic mass is 10.2. The molecule has 1 atom stereocenters. The van der Waals surface area contributed by atoms with E-state index in [2.05, 4.69) is 25.3 Å². The summed E-state index contributed by atoms with van der Waals surface area (Å²) in [7, 11) is 5.58. The average Bonchev–Trinajstić information content (AvgIpc) is 2.59. The maximum absolute atomic E-state index is 4.21. The third kappa shape index (κ3) is 1.28. The van der Waals surface area contributed by atoms with Crippen molar-refractivity contribution in [2.75, 3.05) is 21.1 Å². The minimum absolute atomic E-state index is 0.0475. The highest BCUT2D eigenvalue weighted by molar-refractivity contribution is 6.22. The maximum Gasteiger partial charge on any atom is 0.220 e. The number of rotatable bonds is 0. The van der Waals surface area contributed by atoms with E-state index in [0.717, 1.165) is 11.7 Å². The fourth-order valence-electron chi connectivity index (χ4n) is 1.39. The molecule has 6 heteroatoms. The lowest BCUT2D eigenvalue weighted by Crippen LogP contribution is -2.47. The Kier molecular flexibility index (Phi) is 2.03. The van der Waals surface area contributed by atoms with Gasteiger partial charge >= 0.3 is 0 Å². The lowest BCUT2D eigenvalue weighted by Gasteiger charge is -2.22. The van der Waals surface area contributed by atoms with Crippen molar-refractivity contribution in [3.63, 3.8) is 0 Å². The van der Waals surface area contributed by atoms with Crippen molar-refractivity contribution < 1.29 is 0 Å². The smallest absolute Gasteiger partial charge is 0.220 e. The molecule has 0 radical (unpaired) electrons. The molecule has 0 amide bonds. The summed E-state index contributed by atoms with van der Waals surface area (Å²) < 4.78 is 0. The number of hydrogen-bond acceptors (Lipinski definition) is 4. The molecule has 2 aliphatic rings. The number of guanidine groups is 1. The predicted molar refractivity (Wildman–Crippen MR) is 57.3 cm³/mol. The van der Waals surface area contributed by atoms with Crippen LogP contribution in [0.25, 0.3) is 0 Å². The predicted octanol–water partition coefficient (Wildman–Crippen LogP) is -0.655. The molecular weight excluding hydrogens is 180 g/mol. The van der Waals surface area contributed by atoms with Gasteiger partial charge in [0.15, 0.2) is 5.84 Å². The topological polar surface area (TPSA) is 64.7 Å². The Morgan fingerprint density at radius 2 is 2.29 bits per heavy atom. The SMILES string of the molecule is CN=C1N=C2N=CN=C(N(C)C)C2N1. The second-order valence-electron chi connectivity index (χ2n) is 3.22. The molecule has 0 bridgehead atoms. The van der Waals surface area contributed by atoms with Gasteiger partial charge in [0.1, 0.15) is 18.2 Å². The molecule has 0 aliphatic carbocycles. The molecule has 0 fully saturated rings. The quantitative estimate of drug-likeness (QED) is 0.554. The molecular formula is C8H12N6. The summed E-state index contributed by atoms with van der Waals surface area (Å²) in [6.07, 6.45) is 1.52. The van der Waals surface area contributed by atoms with E-state index in [1.807, 2.05) is 19.0 Å². The number of amidine groups is 2. The largest absolute Gasteiger partial charge is 0.364 e. The Hall–Kier alpha value is -1.72. The average molecular weight is 192 g/mol. The fourth-order valence-corrected chi connectivity index (χ4v) is 1.39. The Morgan fingerprint density at radius 3 is 2.93 bits per heavy atom. The van der Waals surface area contributed by atoms with Crippen LogP contribution in [0, 0.1) is 0 Å². The highest BCUT2D eigenvalue weighted by atomic mass is 15.3. The second kappa shape index (κ2) is 3.21. The van der Waals surface area contributed by atoms with Crippen molar-refractivity contribution in [3.8, 4) is 0 Å². The summed E-state index contributed by atoms with van der Waals surface area (Å²) in [4.78, 5) is 18.4. The van der Waals surface area contributed by atoms with Gasteiger partial charge in [0, 0.05) is 21.1 Å². The van der Waals surface area contributed by atoms with Gasteiger partial charge in [-0.2, -0.15) is 4.99 Å². The molecule has 1 unspecified atom stereocenters. The van der Waals surface area contributed by atoms with Crippen molar-refractivity contribution in [1.82, 2.24) is 10.2 Å². The summed E-state index contributed by atoms with van der Waals surface area (Å²) in [6.45, 7) is 0. The highest BCUT2D eigenvalue weighted by Crippen LogP contribution is 2.08. The van der Waals surface area contributed by atoms with Crippen molar-refractivity contribution in [3.05, 3.63) is 0 Å². The monoisotopic (exact) mass is 192 g/mol. The maximum atomic E-state index is 4.21. The first-order valence-corrected chi connectivity index (χ1v) is 4.32. The van der Waals surface area contributed by atoms with E-state index >= 15 is 0 Å². The first-order valence-electron chi connectivity index (χ1n) is 4.32. The third-order valence-electron chi connectivity index (χ3n) is 2.06. The number of nitrogens with one attached hydrogen (secondary N) is 1. The molecule has 2 heterocycles. The van der Waals surface area contributed by atoms with Crippen LogP contribution in [0.1, 0.15) is 0 Å². The van der Waals surface area contributed by atoms with E-state index in [1.165, 1.54) is 6.34 Å². The van der Waals surface area contributed by atoms with Gasteiger partial charge in [0.25, 0.3) is 0 Å². The van der Waals surface area contributed by atoms with Crippen LogP contribution < -0.4 is 5.32 Å². The van der Waals surface area contributed by atoms with Gasteiger partial charge < -0.3 is 10.2 Å². The van der Waals surface area contributed by atoms with Gasteiger partial charge in [-0.3, -0.25) is 4.99 Å². The number of nitrogens with zero attached hydrogens (tertiary/aromatic N) is 5. The number of fused-ring (bicyclic) bond motifs is 1. The van der Waals surface area contributed by atoms with Gasteiger partial charge in [0.05, 0.1) is 0 Å². The Labute approximate surface area is 82.2 Å². The van der Waals surface area contributed by atoms with Crippen LogP contribution >= 0.6 is 0 Å². The molecule has 0 aromatic heterocycles. The van der Waals surface area contributed by atoms with E-state index in [9.17, 15) is 0 Å². The van der Waals surface area contributed by atoms with Crippen molar-refractivity contribution in [2.45, 2.75) is 6.04 Å². The number of likely N-dealkylation sites (N-methyl/N-ethyl adjacent to an activating group) is 1. The molecule has 74 valence electrons. The lowest BCUT2D eigenvalue weighted by molar-refractivity contribution is 0.598. The number of hydrogen-bond donors (Lipinski definition) is 1. The van der Waals surface area contributed by atoms with Gasteiger partial charge in [-0.1, -0.05) is 0 Å². The van der Waals surface area contributed by atoms with Gasteiger partial charge in [0.2, 0.25) is 5.96 Å². The van der Waals surface area contributed by atoms with E-state index in [0.29, 0.717) is 5.96 Å². The van der Waals surface area contributed by atoms with Crippen molar-refractivity contribution in [2.24, 2.45) is 20.0 Å². The first kappa shape index (κ1) is 8.86.